The monoisotopic (exact) mass is 500 g/mol. The lowest BCUT2D eigenvalue weighted by atomic mass is 9.85. The van der Waals surface area contributed by atoms with Crippen molar-refractivity contribution in [2.45, 2.75) is 5.60 Å². The molecule has 6 heteroatoms. The minimum absolute atomic E-state index is 0.381. The second-order valence-corrected chi connectivity index (χ2v) is 8.63. The third kappa shape index (κ3) is 5.07. The van der Waals surface area contributed by atoms with Gasteiger partial charge in [0.2, 0.25) is 0 Å². The van der Waals surface area contributed by atoms with Gasteiger partial charge in [-0.25, -0.2) is 10.2 Å². The molecule has 0 unspecified atom stereocenters. The van der Waals surface area contributed by atoms with Gasteiger partial charge in [-0.15, -0.1) is 0 Å². The quantitative estimate of drug-likeness (QED) is 0.135. The van der Waals surface area contributed by atoms with Crippen molar-refractivity contribution in [2.75, 3.05) is 0 Å². The summed E-state index contributed by atoms with van der Waals surface area (Å²) in [4.78, 5) is 25.9. The zero-order chi connectivity index (χ0) is 26.4. The molecule has 0 heterocycles. The Morgan fingerprint density at radius 2 is 1.29 bits per heavy atom. The molecule has 0 spiro atoms. The highest BCUT2D eigenvalue weighted by Crippen LogP contribution is 2.30. The van der Waals surface area contributed by atoms with Gasteiger partial charge in [0.05, 0.1) is 11.8 Å². The van der Waals surface area contributed by atoms with Crippen LogP contribution in [0.5, 0.6) is 5.75 Å². The number of hydrogen-bond acceptors (Lipinski definition) is 5. The van der Waals surface area contributed by atoms with Crippen LogP contribution >= 0.6 is 0 Å². The summed E-state index contributed by atoms with van der Waals surface area (Å²) < 4.78 is 5.56. The zero-order valence-electron chi connectivity index (χ0n) is 20.3. The number of esters is 1. The number of nitrogens with one attached hydrogen (secondary N) is 1. The molecule has 0 fully saturated rings. The van der Waals surface area contributed by atoms with Crippen LogP contribution in [0, 0.1) is 0 Å². The standard InChI is InChI=1S/C32H24N2O4/c35-30(29-17-9-11-24-10-7-8-16-28(24)29)38-27-20-18-23(19-21-27)22-33-34-31(36)32(37,25-12-3-1-4-13-25)26-14-5-2-6-15-26/h1-22,37H,(H,34,36)/b33-22+. The number of rotatable bonds is 7. The minimum atomic E-state index is -1.92. The summed E-state index contributed by atoms with van der Waals surface area (Å²) in [6.07, 6.45) is 1.45. The van der Waals surface area contributed by atoms with Gasteiger partial charge < -0.3 is 9.84 Å². The van der Waals surface area contributed by atoms with E-state index in [0.717, 1.165) is 10.8 Å². The number of hydrogen-bond donors (Lipinski definition) is 2. The summed E-state index contributed by atoms with van der Waals surface area (Å²) in [5, 5.41) is 17.3. The normalized spacial score (nSPS) is 11.4. The summed E-state index contributed by atoms with van der Waals surface area (Å²) in [6.45, 7) is 0. The number of fused-ring (bicyclic) bond motifs is 1. The fourth-order valence-electron chi connectivity index (χ4n) is 4.22. The van der Waals surface area contributed by atoms with Crippen molar-refractivity contribution >= 4 is 28.9 Å². The Kier molecular flexibility index (Phi) is 7.06. The van der Waals surface area contributed by atoms with E-state index in [9.17, 15) is 14.7 Å². The van der Waals surface area contributed by atoms with Crippen molar-refractivity contribution in [2.24, 2.45) is 5.10 Å². The Hall–Kier alpha value is -5.07. The third-order valence-corrected chi connectivity index (χ3v) is 6.19. The fraction of sp³-hybridized carbons (Fsp3) is 0.0312. The maximum absolute atomic E-state index is 13.1. The zero-order valence-corrected chi connectivity index (χ0v) is 20.3. The molecule has 186 valence electrons. The summed E-state index contributed by atoms with van der Waals surface area (Å²) in [6, 6.07) is 37.3. The van der Waals surface area contributed by atoms with Gasteiger partial charge in [-0.3, -0.25) is 4.79 Å². The Labute approximate surface area is 219 Å². The molecule has 0 bridgehead atoms. The van der Waals surface area contributed by atoms with Crippen molar-refractivity contribution in [3.8, 4) is 5.75 Å². The van der Waals surface area contributed by atoms with E-state index in [1.54, 1.807) is 78.9 Å². The van der Waals surface area contributed by atoms with Gasteiger partial charge in [-0.2, -0.15) is 5.10 Å². The van der Waals surface area contributed by atoms with Gasteiger partial charge in [0.25, 0.3) is 5.91 Å². The minimum Gasteiger partial charge on any atom is -0.423 e. The molecule has 0 aliphatic rings. The van der Waals surface area contributed by atoms with Crippen LogP contribution in [0.4, 0.5) is 0 Å². The van der Waals surface area contributed by atoms with Crippen LogP contribution in [0.1, 0.15) is 27.0 Å². The molecule has 5 aromatic rings. The molecule has 0 aliphatic heterocycles. The summed E-state index contributed by atoms with van der Waals surface area (Å²) in [5.41, 5.74) is 2.54. The number of carbonyl (C=O) groups is 2. The van der Waals surface area contributed by atoms with Gasteiger partial charge in [0.15, 0.2) is 5.60 Å². The molecule has 0 radical (unpaired) electrons. The molecular formula is C32H24N2O4. The molecule has 38 heavy (non-hydrogen) atoms. The van der Waals surface area contributed by atoms with Gasteiger partial charge in [0, 0.05) is 0 Å². The van der Waals surface area contributed by atoms with E-state index in [2.05, 4.69) is 10.5 Å². The van der Waals surface area contributed by atoms with E-state index >= 15 is 0 Å². The molecule has 2 N–H and O–H groups in total. The fourth-order valence-corrected chi connectivity index (χ4v) is 4.22. The number of nitrogens with zero attached hydrogens (tertiary/aromatic N) is 1. The third-order valence-electron chi connectivity index (χ3n) is 6.19. The van der Waals surface area contributed by atoms with Crippen LogP contribution in [-0.4, -0.2) is 23.2 Å². The summed E-state index contributed by atoms with van der Waals surface area (Å²) in [7, 11) is 0. The average Bonchev–Trinajstić information content (AvgIpc) is 2.98. The second kappa shape index (κ2) is 10.9. The molecule has 6 nitrogen and oxygen atoms in total. The summed E-state index contributed by atoms with van der Waals surface area (Å²) >= 11 is 0. The maximum Gasteiger partial charge on any atom is 0.344 e. The molecule has 0 aliphatic carbocycles. The summed E-state index contributed by atoms with van der Waals surface area (Å²) in [5.74, 6) is -0.755. The number of carbonyl (C=O) groups excluding carboxylic acids is 2. The number of aliphatic hydroxyl groups is 1. The van der Waals surface area contributed by atoms with Crippen molar-refractivity contribution in [1.82, 2.24) is 5.43 Å². The predicted molar refractivity (Wildman–Crippen MR) is 147 cm³/mol. The van der Waals surface area contributed by atoms with Crippen molar-refractivity contribution in [3.63, 3.8) is 0 Å². The van der Waals surface area contributed by atoms with Crippen LogP contribution in [0.15, 0.2) is 132 Å². The van der Waals surface area contributed by atoms with Crippen LogP contribution in [0.3, 0.4) is 0 Å². The van der Waals surface area contributed by atoms with Gasteiger partial charge in [-0.05, 0) is 57.8 Å². The van der Waals surface area contributed by atoms with E-state index in [0.29, 0.717) is 28.0 Å². The molecule has 0 aromatic heterocycles. The Balaban J connectivity index is 1.27. The van der Waals surface area contributed by atoms with E-state index in [-0.39, 0.29) is 0 Å². The number of ether oxygens (including phenoxy) is 1. The largest absolute Gasteiger partial charge is 0.423 e. The highest BCUT2D eigenvalue weighted by molar-refractivity contribution is 6.05. The number of hydrazone groups is 1. The van der Waals surface area contributed by atoms with E-state index in [1.165, 1.54) is 6.21 Å². The Morgan fingerprint density at radius 3 is 1.95 bits per heavy atom. The van der Waals surface area contributed by atoms with Crippen molar-refractivity contribution in [1.29, 1.82) is 0 Å². The van der Waals surface area contributed by atoms with Crippen LogP contribution in [0.2, 0.25) is 0 Å². The lowest BCUT2D eigenvalue weighted by Gasteiger charge is -2.27. The predicted octanol–water partition coefficient (Wildman–Crippen LogP) is 5.45. The molecule has 5 rings (SSSR count). The first-order valence-corrected chi connectivity index (χ1v) is 12.0. The molecule has 5 aromatic carbocycles. The first-order chi connectivity index (χ1) is 18.6. The maximum atomic E-state index is 13.1. The van der Waals surface area contributed by atoms with Crippen LogP contribution < -0.4 is 10.2 Å². The number of benzene rings is 5. The molecular weight excluding hydrogens is 476 g/mol. The first kappa shape index (κ1) is 24.6. The molecule has 0 saturated heterocycles. The lowest BCUT2D eigenvalue weighted by molar-refractivity contribution is -0.136. The average molecular weight is 501 g/mol. The Bertz CT molecular complexity index is 1550. The molecule has 0 saturated carbocycles. The van der Waals surface area contributed by atoms with E-state index in [1.807, 2.05) is 48.5 Å². The van der Waals surface area contributed by atoms with Crippen molar-refractivity contribution in [3.05, 3.63) is 150 Å². The van der Waals surface area contributed by atoms with E-state index in [4.69, 9.17) is 4.74 Å². The Morgan fingerprint density at radius 1 is 0.711 bits per heavy atom. The highest BCUT2D eigenvalue weighted by atomic mass is 16.5. The topological polar surface area (TPSA) is 88.0 Å². The van der Waals surface area contributed by atoms with Crippen molar-refractivity contribution < 1.29 is 19.4 Å². The number of amides is 1. The SMILES string of the molecule is O=C(Oc1ccc(/C=N/NC(=O)C(O)(c2ccccc2)c2ccccc2)cc1)c1cccc2ccccc12. The van der Waals surface area contributed by atoms with Crippen LogP contribution in [0.25, 0.3) is 10.8 Å². The van der Waals surface area contributed by atoms with E-state index < -0.39 is 17.5 Å². The second-order valence-electron chi connectivity index (χ2n) is 8.63. The lowest BCUT2D eigenvalue weighted by Crippen LogP contribution is -2.43. The highest BCUT2D eigenvalue weighted by Gasteiger charge is 2.39. The van der Waals surface area contributed by atoms with Gasteiger partial charge in [0.1, 0.15) is 5.75 Å². The van der Waals surface area contributed by atoms with Crippen LogP contribution in [-0.2, 0) is 10.4 Å². The smallest absolute Gasteiger partial charge is 0.344 e. The van der Waals surface area contributed by atoms with Gasteiger partial charge >= 0.3 is 5.97 Å². The van der Waals surface area contributed by atoms with Gasteiger partial charge in [-0.1, -0.05) is 97.1 Å². The molecule has 0 atom stereocenters. The molecule has 1 amide bonds. The first-order valence-electron chi connectivity index (χ1n) is 12.0.